The van der Waals surface area contributed by atoms with E-state index in [9.17, 15) is 4.79 Å². The zero-order chi connectivity index (χ0) is 17.5. The first-order valence-electron chi connectivity index (χ1n) is 8.36. The van der Waals surface area contributed by atoms with Gasteiger partial charge in [0.1, 0.15) is 11.4 Å². The van der Waals surface area contributed by atoms with Gasteiger partial charge in [-0.25, -0.2) is 4.79 Å². The number of nitrogens with zero attached hydrogens (tertiary/aromatic N) is 1. The van der Waals surface area contributed by atoms with Gasteiger partial charge in [-0.05, 0) is 58.2 Å². The number of amides is 1. The maximum Gasteiger partial charge on any atom is 0.413 e. The molecule has 3 rings (SSSR count). The summed E-state index contributed by atoms with van der Waals surface area (Å²) < 4.78 is 11.9. The molecule has 0 aliphatic carbocycles. The Morgan fingerprint density at radius 3 is 2.46 bits per heavy atom. The van der Waals surface area contributed by atoms with Crippen LogP contribution in [0.5, 0.6) is 5.75 Å². The number of halogens is 2. The van der Waals surface area contributed by atoms with Crippen molar-refractivity contribution in [3.05, 3.63) is 28.2 Å². The molecule has 1 aromatic carbocycles. The highest BCUT2D eigenvalue weighted by Gasteiger charge is 2.54. The van der Waals surface area contributed by atoms with Crippen LogP contribution >= 0.6 is 23.2 Å². The first-order chi connectivity index (χ1) is 11.2. The zero-order valence-electron chi connectivity index (χ0n) is 14.3. The molecular weight excluding hydrogens is 349 g/mol. The lowest BCUT2D eigenvalue weighted by Gasteiger charge is -2.44. The van der Waals surface area contributed by atoms with Crippen molar-refractivity contribution in [1.29, 1.82) is 0 Å². The van der Waals surface area contributed by atoms with E-state index in [1.807, 2.05) is 20.8 Å². The summed E-state index contributed by atoms with van der Waals surface area (Å²) in [6, 6.07) is 5.30. The Morgan fingerprint density at radius 1 is 1.17 bits per heavy atom. The molecule has 0 saturated carbocycles. The van der Waals surface area contributed by atoms with Gasteiger partial charge in [0.15, 0.2) is 5.72 Å². The second-order valence-electron chi connectivity index (χ2n) is 7.59. The minimum atomic E-state index is -0.667. The molecule has 2 aliphatic rings. The van der Waals surface area contributed by atoms with E-state index in [0.717, 1.165) is 32.1 Å². The molecular formula is C18H23Cl2NO3. The van der Waals surface area contributed by atoms with Crippen molar-refractivity contribution in [1.82, 2.24) is 4.90 Å². The van der Waals surface area contributed by atoms with Crippen LogP contribution in [0.25, 0.3) is 0 Å². The number of carbonyl (C=O) groups is 1. The summed E-state index contributed by atoms with van der Waals surface area (Å²) in [6.07, 6.45) is 4.21. The normalized spacial score (nSPS) is 26.4. The van der Waals surface area contributed by atoms with E-state index in [4.69, 9.17) is 32.7 Å². The van der Waals surface area contributed by atoms with Crippen LogP contribution in [0.3, 0.4) is 0 Å². The van der Waals surface area contributed by atoms with E-state index >= 15 is 0 Å². The highest BCUT2D eigenvalue weighted by Crippen LogP contribution is 2.46. The largest absolute Gasteiger partial charge is 0.468 e. The van der Waals surface area contributed by atoms with Gasteiger partial charge in [-0.3, -0.25) is 4.90 Å². The Morgan fingerprint density at radius 2 is 1.83 bits per heavy atom. The number of ether oxygens (including phenoxy) is 2. The van der Waals surface area contributed by atoms with E-state index in [1.165, 1.54) is 0 Å². The molecule has 24 heavy (non-hydrogen) atoms. The average Bonchev–Trinajstić information content (AvgIpc) is 2.62. The predicted molar refractivity (Wildman–Crippen MR) is 94.8 cm³/mol. The fourth-order valence-electron chi connectivity index (χ4n) is 3.69. The number of hydrogen-bond acceptors (Lipinski definition) is 3. The first-order valence-corrected chi connectivity index (χ1v) is 9.12. The highest BCUT2D eigenvalue weighted by atomic mass is 35.5. The SMILES string of the molecule is CC(C)(C)OC(=O)N1C2CCCC1(Oc1cc(Cl)cc(Cl)c1)CC2. The molecule has 2 unspecified atom stereocenters. The number of rotatable bonds is 2. The average molecular weight is 372 g/mol. The Hall–Kier alpha value is -1.13. The highest BCUT2D eigenvalue weighted by molar-refractivity contribution is 6.34. The molecule has 4 nitrogen and oxygen atoms in total. The van der Waals surface area contributed by atoms with E-state index in [-0.39, 0.29) is 12.1 Å². The van der Waals surface area contributed by atoms with Crippen molar-refractivity contribution in [3.8, 4) is 5.75 Å². The molecule has 2 atom stereocenters. The number of hydrogen-bond donors (Lipinski definition) is 0. The lowest BCUT2D eigenvalue weighted by Crippen LogP contribution is -2.57. The molecule has 2 saturated heterocycles. The van der Waals surface area contributed by atoms with E-state index in [0.29, 0.717) is 15.8 Å². The molecule has 1 aromatic rings. The van der Waals surface area contributed by atoms with Crippen LogP contribution in [0.1, 0.15) is 52.9 Å². The third-order valence-corrected chi connectivity index (χ3v) is 4.95. The lowest BCUT2D eigenvalue weighted by atomic mass is 10.00. The molecule has 6 heteroatoms. The Balaban J connectivity index is 1.88. The van der Waals surface area contributed by atoms with Gasteiger partial charge >= 0.3 is 6.09 Å². The number of carbonyl (C=O) groups excluding carboxylic acids is 1. The summed E-state index contributed by atoms with van der Waals surface area (Å²) in [6.45, 7) is 5.63. The van der Waals surface area contributed by atoms with Crippen LogP contribution in [0.15, 0.2) is 18.2 Å². The molecule has 2 fully saturated rings. The van der Waals surface area contributed by atoms with Crippen LogP contribution in [0.4, 0.5) is 4.79 Å². The second-order valence-corrected chi connectivity index (χ2v) is 8.46. The predicted octanol–water partition coefficient (Wildman–Crippen LogP) is 5.65. The van der Waals surface area contributed by atoms with Crippen molar-refractivity contribution >= 4 is 29.3 Å². The van der Waals surface area contributed by atoms with Crippen molar-refractivity contribution < 1.29 is 14.3 Å². The lowest BCUT2D eigenvalue weighted by molar-refractivity contribution is -0.0972. The van der Waals surface area contributed by atoms with Gasteiger partial charge in [0.05, 0.1) is 0 Å². The minimum Gasteiger partial charge on any atom is -0.468 e. The third kappa shape index (κ3) is 3.60. The smallest absolute Gasteiger partial charge is 0.413 e. The number of benzene rings is 1. The summed E-state index contributed by atoms with van der Waals surface area (Å²) in [5.41, 5.74) is -1.20. The van der Waals surface area contributed by atoms with Crippen LogP contribution in [-0.2, 0) is 4.74 Å². The first kappa shape index (κ1) is 17.7. The second kappa shape index (κ2) is 6.30. The fourth-order valence-corrected chi connectivity index (χ4v) is 4.20. The molecule has 132 valence electrons. The van der Waals surface area contributed by atoms with Crippen LogP contribution in [-0.4, -0.2) is 28.4 Å². The van der Waals surface area contributed by atoms with Crippen molar-refractivity contribution in [2.45, 2.75) is 70.2 Å². The van der Waals surface area contributed by atoms with Gasteiger partial charge in [0.2, 0.25) is 0 Å². The third-order valence-electron chi connectivity index (χ3n) is 4.51. The summed E-state index contributed by atoms with van der Waals surface area (Å²) in [5, 5.41) is 1.03. The molecule has 2 heterocycles. The minimum absolute atomic E-state index is 0.170. The van der Waals surface area contributed by atoms with E-state index in [1.54, 1.807) is 23.1 Å². The van der Waals surface area contributed by atoms with Gasteiger partial charge in [-0.2, -0.15) is 0 Å². The van der Waals surface area contributed by atoms with Crippen LogP contribution < -0.4 is 4.74 Å². The van der Waals surface area contributed by atoms with E-state index < -0.39 is 11.3 Å². The molecule has 0 N–H and O–H groups in total. The number of fused-ring (bicyclic) bond motifs is 2. The van der Waals surface area contributed by atoms with Gasteiger partial charge < -0.3 is 9.47 Å². The summed E-state index contributed by atoms with van der Waals surface area (Å²) in [5.74, 6) is 0.587. The Bertz CT molecular complexity index is 619. The van der Waals surface area contributed by atoms with E-state index in [2.05, 4.69) is 0 Å². The monoisotopic (exact) mass is 371 g/mol. The topological polar surface area (TPSA) is 38.8 Å². The molecule has 0 aromatic heterocycles. The van der Waals surface area contributed by atoms with Crippen LogP contribution in [0, 0.1) is 0 Å². The summed E-state index contributed by atoms with van der Waals surface area (Å²) >= 11 is 12.2. The molecule has 2 aliphatic heterocycles. The number of piperidine rings is 1. The Labute approximate surface area is 153 Å². The quantitative estimate of drug-likeness (QED) is 0.673. The Kier molecular flexibility index (Phi) is 4.65. The fraction of sp³-hybridized carbons (Fsp3) is 0.611. The van der Waals surface area contributed by atoms with Gasteiger partial charge in [-0.1, -0.05) is 23.2 Å². The standard InChI is InChI=1S/C18H23Cl2NO3/c1-17(2,3)24-16(22)21-14-5-4-7-18(21,8-6-14)23-15-10-12(19)9-13(20)11-15/h9-11,14H,4-8H2,1-3H3. The molecule has 2 bridgehead atoms. The maximum atomic E-state index is 12.8. The summed E-state index contributed by atoms with van der Waals surface area (Å²) in [4.78, 5) is 14.6. The van der Waals surface area contributed by atoms with Gasteiger partial charge in [0.25, 0.3) is 0 Å². The summed E-state index contributed by atoms with van der Waals surface area (Å²) in [7, 11) is 0. The van der Waals surface area contributed by atoms with Crippen molar-refractivity contribution in [2.75, 3.05) is 0 Å². The van der Waals surface area contributed by atoms with Gasteiger partial charge in [0, 0.05) is 28.9 Å². The molecule has 0 spiro atoms. The van der Waals surface area contributed by atoms with Crippen molar-refractivity contribution in [2.24, 2.45) is 0 Å². The van der Waals surface area contributed by atoms with Crippen molar-refractivity contribution in [3.63, 3.8) is 0 Å². The maximum absolute atomic E-state index is 12.8. The molecule has 1 amide bonds. The molecule has 0 radical (unpaired) electrons. The zero-order valence-corrected chi connectivity index (χ0v) is 15.8. The van der Waals surface area contributed by atoms with Crippen LogP contribution in [0.2, 0.25) is 10.0 Å². The van der Waals surface area contributed by atoms with Gasteiger partial charge in [-0.15, -0.1) is 0 Å².